The van der Waals surface area contributed by atoms with Crippen LogP contribution in [-0.4, -0.2) is 33.2 Å². The van der Waals surface area contributed by atoms with Crippen molar-refractivity contribution in [2.75, 3.05) is 0 Å². The minimum atomic E-state index is -1.52. The van der Waals surface area contributed by atoms with E-state index in [1.54, 1.807) is 54.6 Å². The molecule has 1 radical (unpaired) electrons. The third-order valence-corrected chi connectivity index (χ3v) is 4.02. The molecule has 0 aromatic heterocycles. The van der Waals surface area contributed by atoms with Gasteiger partial charge < -0.3 is 45.0 Å². The van der Waals surface area contributed by atoms with E-state index in [-0.39, 0.29) is 46.6 Å². The van der Waals surface area contributed by atoms with Gasteiger partial charge in [-0.1, -0.05) is 91.0 Å². The average molecular weight is 540 g/mol. The van der Waals surface area contributed by atoms with Crippen molar-refractivity contribution in [3.63, 3.8) is 0 Å². The Bertz CT molecular complexity index is 873. The van der Waals surface area contributed by atoms with Gasteiger partial charge in [0.1, 0.15) is 18.3 Å². The summed E-state index contributed by atoms with van der Waals surface area (Å²) in [6.45, 7) is 0. The molecule has 11 heteroatoms. The van der Waals surface area contributed by atoms with Gasteiger partial charge >= 0.3 is 46.6 Å². The van der Waals surface area contributed by atoms with E-state index in [4.69, 9.17) is 15.3 Å². The number of carboxylic acids is 3. The molecule has 0 saturated heterocycles. The molecule has 0 amide bonds. The monoisotopic (exact) mass is 539 g/mol. The van der Waals surface area contributed by atoms with Crippen LogP contribution in [0.15, 0.2) is 91.0 Å². The number of benzene rings is 3. The van der Waals surface area contributed by atoms with Crippen LogP contribution in [0.2, 0.25) is 0 Å². The van der Waals surface area contributed by atoms with Crippen LogP contribution >= 0.6 is 0 Å². The normalized spacial score (nSPS) is 11.7. The molecule has 0 aliphatic heterocycles. The fourth-order valence-corrected chi connectivity index (χ4v) is 2.31. The van der Waals surface area contributed by atoms with E-state index in [1.807, 2.05) is 0 Å². The minimum absolute atomic E-state index is 0. The van der Waals surface area contributed by atoms with Gasteiger partial charge in [0.25, 0.3) is 0 Å². The van der Waals surface area contributed by atoms with Gasteiger partial charge in [0.05, 0.1) is 17.9 Å². The van der Waals surface area contributed by atoms with Crippen LogP contribution in [0.25, 0.3) is 0 Å². The first-order chi connectivity index (χ1) is 15.6. The number of hydrogen-bond acceptors (Lipinski definition) is 9. The van der Waals surface area contributed by atoms with Gasteiger partial charge in [-0.15, -0.1) is 0 Å². The van der Waals surface area contributed by atoms with Crippen LogP contribution < -0.4 is 44.9 Å². The van der Waals surface area contributed by atoms with Crippen LogP contribution in [0.1, 0.15) is 35.0 Å². The van der Waals surface area contributed by atoms with E-state index in [0.29, 0.717) is 16.7 Å². The summed E-state index contributed by atoms with van der Waals surface area (Å²) in [5.41, 5.74) is 1.02. The topological polar surface area (TPSA) is 181 Å². The van der Waals surface area contributed by atoms with Crippen LogP contribution in [0.3, 0.4) is 0 Å². The molecule has 3 unspecified atom stereocenters. The molecule has 0 aliphatic carbocycles. The number of aliphatic hydroxyl groups is 3. The Balaban J connectivity index is 0. The maximum atomic E-state index is 10.1. The molecular formula is C24H21CuNaO9. The molecule has 3 aromatic rings. The third-order valence-electron chi connectivity index (χ3n) is 4.02. The van der Waals surface area contributed by atoms with Crippen LogP contribution in [-0.2, 0) is 31.5 Å². The Hall–Kier alpha value is -2.53. The number of aliphatic hydroxyl groups excluding tert-OH is 3. The largest absolute Gasteiger partial charge is 2.00 e. The van der Waals surface area contributed by atoms with Crippen molar-refractivity contribution in [2.24, 2.45) is 0 Å². The van der Waals surface area contributed by atoms with Crippen molar-refractivity contribution in [1.82, 2.24) is 0 Å². The first-order valence-electron chi connectivity index (χ1n) is 9.46. The van der Waals surface area contributed by atoms with Gasteiger partial charge in [0, 0.05) is 0 Å². The summed E-state index contributed by atoms with van der Waals surface area (Å²) in [6, 6.07) is 24.3. The maximum Gasteiger partial charge on any atom is 2.00 e. The average Bonchev–Trinajstić information content (AvgIpc) is 2.84. The molecule has 3 rings (SSSR count). The van der Waals surface area contributed by atoms with E-state index in [2.05, 4.69) is 0 Å². The number of hydrogen-bond donors (Lipinski definition) is 3. The summed E-state index contributed by atoms with van der Waals surface area (Å²) in [5, 5.41) is 57.2. The van der Waals surface area contributed by atoms with E-state index >= 15 is 0 Å². The molecular weight excluding hydrogens is 519 g/mol. The maximum absolute atomic E-state index is 10.1. The van der Waals surface area contributed by atoms with Crippen LogP contribution in [0.5, 0.6) is 0 Å². The second-order valence-corrected chi connectivity index (χ2v) is 6.40. The van der Waals surface area contributed by atoms with Gasteiger partial charge in [-0.2, -0.15) is 0 Å². The first-order valence-corrected chi connectivity index (χ1v) is 9.46. The quantitative estimate of drug-likeness (QED) is 0.260. The van der Waals surface area contributed by atoms with E-state index in [0.717, 1.165) is 0 Å². The third kappa shape index (κ3) is 13.2. The second-order valence-electron chi connectivity index (χ2n) is 6.40. The molecule has 0 fully saturated rings. The predicted molar refractivity (Wildman–Crippen MR) is 109 cm³/mol. The molecule has 0 aliphatic rings. The van der Waals surface area contributed by atoms with Crippen molar-refractivity contribution in [3.05, 3.63) is 108 Å². The minimum Gasteiger partial charge on any atom is -0.547 e. The zero-order chi connectivity index (χ0) is 24.8. The number of aliphatic carboxylic acids is 3. The first kappa shape index (κ1) is 34.6. The van der Waals surface area contributed by atoms with Crippen molar-refractivity contribution in [1.29, 1.82) is 0 Å². The zero-order valence-electron chi connectivity index (χ0n) is 18.5. The number of carbonyl (C=O) groups excluding carboxylic acids is 3. The molecule has 3 N–H and O–H groups in total. The summed E-state index contributed by atoms with van der Waals surface area (Å²) in [5.74, 6) is -4.43. The molecule has 183 valence electrons. The molecule has 9 nitrogen and oxygen atoms in total. The Morgan fingerprint density at radius 3 is 0.800 bits per heavy atom. The van der Waals surface area contributed by atoms with Crippen molar-refractivity contribution in [3.8, 4) is 0 Å². The van der Waals surface area contributed by atoms with Gasteiger partial charge in [0.15, 0.2) is 0 Å². The Morgan fingerprint density at radius 2 is 0.657 bits per heavy atom. The van der Waals surface area contributed by atoms with Gasteiger partial charge in [0.2, 0.25) is 0 Å². The molecule has 3 atom stereocenters. The fraction of sp³-hybridized carbons (Fsp3) is 0.125. The summed E-state index contributed by atoms with van der Waals surface area (Å²) in [7, 11) is 0. The van der Waals surface area contributed by atoms with E-state index < -0.39 is 36.2 Å². The molecule has 0 bridgehead atoms. The standard InChI is InChI=1S/3C8H8O3.Cu.Na/c3*9-7(8(10)11)6-4-2-1-3-5-6;;/h3*1-5,7,9H,(H,10,11);;/q;;;+2;+1/p-3. The summed E-state index contributed by atoms with van der Waals surface area (Å²) < 4.78 is 0. The fourth-order valence-electron chi connectivity index (χ4n) is 2.31. The molecule has 3 aromatic carbocycles. The second kappa shape index (κ2) is 18.8. The number of rotatable bonds is 6. The predicted octanol–water partition coefficient (Wildman–Crippen LogP) is -4.59. The van der Waals surface area contributed by atoms with Crippen LogP contribution in [0.4, 0.5) is 0 Å². The van der Waals surface area contributed by atoms with Crippen LogP contribution in [0, 0.1) is 0 Å². The Morgan fingerprint density at radius 1 is 0.486 bits per heavy atom. The molecule has 0 spiro atoms. The van der Waals surface area contributed by atoms with Gasteiger partial charge in [-0.25, -0.2) is 0 Å². The van der Waals surface area contributed by atoms with E-state index in [9.17, 15) is 29.7 Å². The van der Waals surface area contributed by atoms with Crippen molar-refractivity contribution < 1.29 is 91.6 Å². The number of carbonyl (C=O) groups is 3. The molecule has 0 saturated carbocycles. The van der Waals surface area contributed by atoms with Crippen molar-refractivity contribution >= 4 is 17.9 Å². The summed E-state index contributed by atoms with van der Waals surface area (Å²) in [4.78, 5) is 30.4. The van der Waals surface area contributed by atoms with Gasteiger partial charge in [-0.3, -0.25) is 0 Å². The van der Waals surface area contributed by atoms with Crippen molar-refractivity contribution in [2.45, 2.75) is 18.3 Å². The molecule has 0 heterocycles. The van der Waals surface area contributed by atoms with E-state index in [1.165, 1.54) is 36.4 Å². The molecule has 35 heavy (non-hydrogen) atoms. The number of carboxylic acid groups (broad SMARTS) is 3. The smallest absolute Gasteiger partial charge is 0.547 e. The SMILES string of the molecule is O=C([O-])C(O)c1ccccc1.O=C([O-])C(O)c1ccccc1.O=C([O-])C(O)c1ccccc1.[Cu+2].[Na+]. The Kier molecular flexibility index (Phi) is 18.6. The zero-order valence-corrected chi connectivity index (χ0v) is 21.4. The van der Waals surface area contributed by atoms with Gasteiger partial charge in [-0.05, 0) is 16.7 Å². The summed E-state index contributed by atoms with van der Waals surface area (Å²) in [6.07, 6.45) is -4.55. The Labute approximate surface area is 234 Å². The summed E-state index contributed by atoms with van der Waals surface area (Å²) >= 11 is 0.